The van der Waals surface area contributed by atoms with Crippen LogP contribution in [-0.2, 0) is 4.79 Å². The average molecular weight is 294 g/mol. The molecule has 2 rings (SSSR count). The SMILES string of the molecule is Cc1cc(C(O)CC2(CC(=O)O)CCCC2)cc(C)c1F. The smallest absolute Gasteiger partial charge is 0.303 e. The summed E-state index contributed by atoms with van der Waals surface area (Å²) in [5.41, 5.74) is 1.40. The van der Waals surface area contributed by atoms with Gasteiger partial charge < -0.3 is 10.2 Å². The largest absolute Gasteiger partial charge is 0.481 e. The summed E-state index contributed by atoms with van der Waals surface area (Å²) in [7, 11) is 0. The lowest BCUT2D eigenvalue weighted by molar-refractivity contribution is -0.140. The fourth-order valence-corrected chi connectivity index (χ4v) is 3.60. The molecule has 0 radical (unpaired) electrons. The van der Waals surface area contributed by atoms with Gasteiger partial charge in [-0.05, 0) is 55.2 Å². The molecule has 1 aromatic rings. The molecule has 2 N–H and O–H groups in total. The number of rotatable bonds is 5. The summed E-state index contributed by atoms with van der Waals surface area (Å²) < 4.78 is 13.7. The van der Waals surface area contributed by atoms with E-state index in [4.69, 9.17) is 5.11 Å². The van der Waals surface area contributed by atoms with Gasteiger partial charge in [0.05, 0.1) is 12.5 Å². The summed E-state index contributed by atoms with van der Waals surface area (Å²) in [6, 6.07) is 3.33. The highest BCUT2D eigenvalue weighted by Crippen LogP contribution is 2.47. The monoisotopic (exact) mass is 294 g/mol. The predicted molar refractivity (Wildman–Crippen MR) is 78.6 cm³/mol. The maximum atomic E-state index is 13.7. The second kappa shape index (κ2) is 6.14. The quantitative estimate of drug-likeness (QED) is 0.866. The Kier molecular flexibility index (Phi) is 4.67. The molecule has 0 saturated heterocycles. The molecule has 0 heterocycles. The van der Waals surface area contributed by atoms with Crippen molar-refractivity contribution in [3.63, 3.8) is 0 Å². The molecular weight excluding hydrogens is 271 g/mol. The van der Waals surface area contributed by atoms with E-state index in [0.29, 0.717) is 23.1 Å². The van der Waals surface area contributed by atoms with E-state index in [0.717, 1.165) is 25.7 Å². The van der Waals surface area contributed by atoms with Crippen molar-refractivity contribution in [3.8, 4) is 0 Å². The maximum Gasteiger partial charge on any atom is 0.303 e. The fraction of sp³-hybridized carbons (Fsp3) is 0.588. The molecule has 21 heavy (non-hydrogen) atoms. The van der Waals surface area contributed by atoms with Gasteiger partial charge in [-0.25, -0.2) is 4.39 Å². The lowest BCUT2D eigenvalue weighted by Gasteiger charge is -2.30. The van der Waals surface area contributed by atoms with Gasteiger partial charge in [0.15, 0.2) is 0 Å². The Hall–Kier alpha value is -1.42. The summed E-state index contributed by atoms with van der Waals surface area (Å²) in [4.78, 5) is 11.1. The molecule has 0 amide bonds. The van der Waals surface area contributed by atoms with Crippen LogP contribution in [0.5, 0.6) is 0 Å². The lowest BCUT2D eigenvalue weighted by Crippen LogP contribution is -2.24. The van der Waals surface area contributed by atoms with Crippen molar-refractivity contribution in [1.82, 2.24) is 0 Å². The number of hydrogen-bond donors (Lipinski definition) is 2. The summed E-state index contributed by atoms with van der Waals surface area (Å²) in [5.74, 6) is -1.05. The molecule has 0 bridgehead atoms. The molecule has 116 valence electrons. The Morgan fingerprint density at radius 1 is 1.29 bits per heavy atom. The van der Waals surface area contributed by atoms with Gasteiger partial charge in [-0.15, -0.1) is 0 Å². The Morgan fingerprint density at radius 2 is 1.81 bits per heavy atom. The molecule has 1 atom stereocenters. The van der Waals surface area contributed by atoms with Crippen molar-refractivity contribution in [2.24, 2.45) is 5.41 Å². The summed E-state index contributed by atoms with van der Waals surface area (Å²) >= 11 is 0. The Morgan fingerprint density at radius 3 is 2.29 bits per heavy atom. The van der Waals surface area contributed by atoms with Gasteiger partial charge in [-0.2, -0.15) is 0 Å². The minimum absolute atomic E-state index is 0.100. The van der Waals surface area contributed by atoms with Gasteiger partial charge in [0, 0.05) is 0 Å². The van der Waals surface area contributed by atoms with Gasteiger partial charge in [-0.1, -0.05) is 25.0 Å². The van der Waals surface area contributed by atoms with Crippen molar-refractivity contribution < 1.29 is 19.4 Å². The van der Waals surface area contributed by atoms with Gasteiger partial charge >= 0.3 is 5.97 Å². The molecule has 1 aromatic carbocycles. The van der Waals surface area contributed by atoms with Crippen LogP contribution >= 0.6 is 0 Å². The number of benzene rings is 1. The van der Waals surface area contributed by atoms with Gasteiger partial charge in [-0.3, -0.25) is 4.79 Å². The highest BCUT2D eigenvalue weighted by Gasteiger charge is 2.38. The predicted octanol–water partition coefficient (Wildman–Crippen LogP) is 3.90. The summed E-state index contributed by atoms with van der Waals surface area (Å²) in [5, 5.41) is 19.6. The molecule has 0 aromatic heterocycles. The van der Waals surface area contributed by atoms with E-state index in [-0.39, 0.29) is 17.7 Å². The maximum absolute atomic E-state index is 13.7. The number of aliphatic hydroxyl groups is 1. The van der Waals surface area contributed by atoms with Crippen LogP contribution in [0.4, 0.5) is 4.39 Å². The lowest BCUT2D eigenvalue weighted by atomic mass is 9.76. The number of halogens is 1. The first kappa shape index (κ1) is 16.0. The molecule has 0 aliphatic heterocycles. The number of carboxylic acid groups (broad SMARTS) is 1. The van der Waals surface area contributed by atoms with Gasteiger partial charge in [0.1, 0.15) is 5.82 Å². The minimum Gasteiger partial charge on any atom is -0.481 e. The Bertz CT molecular complexity index is 510. The third-order valence-corrected chi connectivity index (χ3v) is 4.66. The number of carboxylic acids is 1. The van der Waals surface area contributed by atoms with Crippen LogP contribution in [0.15, 0.2) is 12.1 Å². The molecule has 1 saturated carbocycles. The minimum atomic E-state index is -0.810. The van der Waals surface area contributed by atoms with Crippen LogP contribution in [0.3, 0.4) is 0 Å². The zero-order valence-electron chi connectivity index (χ0n) is 12.7. The molecule has 1 aliphatic rings. The van der Waals surface area contributed by atoms with Crippen LogP contribution in [0.25, 0.3) is 0 Å². The fourth-order valence-electron chi connectivity index (χ4n) is 3.60. The van der Waals surface area contributed by atoms with Crippen molar-refractivity contribution in [2.75, 3.05) is 0 Å². The normalized spacial score (nSPS) is 18.7. The van der Waals surface area contributed by atoms with E-state index >= 15 is 0 Å². The van der Waals surface area contributed by atoms with Crippen LogP contribution in [-0.4, -0.2) is 16.2 Å². The number of hydrogen-bond acceptors (Lipinski definition) is 2. The van der Waals surface area contributed by atoms with Gasteiger partial charge in [0.2, 0.25) is 0 Å². The second-order valence-electron chi connectivity index (χ2n) is 6.47. The third-order valence-electron chi connectivity index (χ3n) is 4.66. The van der Waals surface area contributed by atoms with E-state index in [1.807, 2.05) is 0 Å². The van der Waals surface area contributed by atoms with Crippen molar-refractivity contribution >= 4 is 5.97 Å². The van der Waals surface area contributed by atoms with E-state index in [2.05, 4.69) is 0 Å². The van der Waals surface area contributed by atoms with E-state index in [9.17, 15) is 14.3 Å². The molecule has 1 aliphatic carbocycles. The van der Waals surface area contributed by atoms with Crippen molar-refractivity contribution in [1.29, 1.82) is 0 Å². The first-order chi connectivity index (χ1) is 9.83. The first-order valence-electron chi connectivity index (χ1n) is 7.49. The van der Waals surface area contributed by atoms with Crippen LogP contribution in [0.1, 0.15) is 61.3 Å². The van der Waals surface area contributed by atoms with Crippen molar-refractivity contribution in [2.45, 2.75) is 58.5 Å². The molecule has 3 nitrogen and oxygen atoms in total. The van der Waals surface area contributed by atoms with Crippen LogP contribution in [0.2, 0.25) is 0 Å². The highest BCUT2D eigenvalue weighted by molar-refractivity contribution is 5.67. The number of carbonyl (C=O) groups is 1. The van der Waals surface area contributed by atoms with Crippen molar-refractivity contribution in [3.05, 3.63) is 34.6 Å². The number of aryl methyl sites for hydroxylation is 2. The second-order valence-corrected chi connectivity index (χ2v) is 6.47. The van der Waals surface area contributed by atoms with E-state index in [1.165, 1.54) is 0 Å². The van der Waals surface area contributed by atoms with E-state index in [1.54, 1.807) is 26.0 Å². The topological polar surface area (TPSA) is 57.5 Å². The molecule has 1 fully saturated rings. The third kappa shape index (κ3) is 3.62. The first-order valence-corrected chi connectivity index (χ1v) is 7.49. The molecule has 1 unspecified atom stereocenters. The Labute approximate surface area is 124 Å². The van der Waals surface area contributed by atoms with Crippen LogP contribution < -0.4 is 0 Å². The van der Waals surface area contributed by atoms with E-state index < -0.39 is 12.1 Å². The highest BCUT2D eigenvalue weighted by atomic mass is 19.1. The zero-order chi connectivity index (χ0) is 15.6. The molecular formula is C17H23FO3. The molecule has 4 heteroatoms. The summed E-state index contributed by atoms with van der Waals surface area (Å²) in [6.07, 6.45) is 3.52. The number of aliphatic hydroxyl groups excluding tert-OH is 1. The number of aliphatic carboxylic acids is 1. The standard InChI is InChI=1S/C17H23FO3/c1-11-7-13(8-12(2)16(11)18)14(19)9-17(10-15(20)21)5-3-4-6-17/h7-8,14,19H,3-6,9-10H2,1-2H3,(H,20,21). The summed E-state index contributed by atoms with van der Waals surface area (Å²) in [6.45, 7) is 3.36. The average Bonchev–Trinajstić information content (AvgIpc) is 2.82. The van der Waals surface area contributed by atoms with Gasteiger partial charge in [0.25, 0.3) is 0 Å². The molecule has 0 spiro atoms. The Balaban J connectivity index is 2.19. The van der Waals surface area contributed by atoms with Crippen LogP contribution in [0, 0.1) is 25.1 Å². The zero-order valence-corrected chi connectivity index (χ0v) is 12.7.